The second kappa shape index (κ2) is 25.8. The largest absolute Gasteiger partial charge is 0.497 e. The van der Waals surface area contributed by atoms with Gasteiger partial charge in [-0.05, 0) is 116 Å². The molecule has 7 amide bonds. The van der Waals surface area contributed by atoms with Crippen molar-refractivity contribution in [2.45, 2.75) is 89.9 Å². The number of nitrogens with zero attached hydrogens (tertiary/aromatic N) is 5. The highest BCUT2D eigenvalue weighted by molar-refractivity contribution is 9.14. The molecule has 5 aliphatic rings. The maximum absolute atomic E-state index is 14.1. The Hall–Kier alpha value is -8.11. The number of amides is 7. The molecule has 0 saturated carbocycles. The zero-order chi connectivity index (χ0) is 58.4. The van der Waals surface area contributed by atoms with Crippen LogP contribution in [0.3, 0.4) is 0 Å². The van der Waals surface area contributed by atoms with Crippen molar-refractivity contribution in [1.29, 1.82) is 0 Å². The molecule has 0 spiro atoms. The van der Waals surface area contributed by atoms with Gasteiger partial charge in [-0.2, -0.15) is 0 Å². The van der Waals surface area contributed by atoms with Crippen LogP contribution in [-0.2, 0) is 24.0 Å². The number of unbranched alkanes of at least 4 members (excludes halogenated alkanes) is 2. The van der Waals surface area contributed by atoms with Crippen LogP contribution in [0.1, 0.15) is 97.6 Å². The summed E-state index contributed by atoms with van der Waals surface area (Å²) in [6.07, 6.45) is 10.5. The first kappa shape index (κ1) is 58.5. The molecule has 9 rings (SSSR count). The SMILES string of the molecule is COc1ccc(C2=CN3C(=O)c4cc(OC)c(OCCCOc5cc6c(cc5OC)C(=O)N5C=C(c7ccc(NC(=O)[C@@H](C)NC(=O)[C@H](NC(=O)CCCCCN8C(=O)C(Br)=C(Br)C8=O)C(C)C)cc7)C[C@H]5C=N6)cc4N=C[C@@H]3C2)cc1. The summed E-state index contributed by atoms with van der Waals surface area (Å²) in [5.41, 5.74) is 5.92. The van der Waals surface area contributed by atoms with Crippen molar-refractivity contribution in [3.05, 3.63) is 116 Å². The number of imide groups is 1. The number of ether oxygens (including phenoxy) is 5. The van der Waals surface area contributed by atoms with E-state index in [9.17, 15) is 33.6 Å². The molecule has 0 saturated heterocycles. The van der Waals surface area contributed by atoms with Crippen molar-refractivity contribution in [1.82, 2.24) is 25.3 Å². The molecule has 4 aromatic rings. The van der Waals surface area contributed by atoms with Crippen molar-refractivity contribution in [3.8, 4) is 28.7 Å². The van der Waals surface area contributed by atoms with E-state index in [2.05, 4.69) is 47.8 Å². The first-order chi connectivity index (χ1) is 39.5. The summed E-state index contributed by atoms with van der Waals surface area (Å²) >= 11 is 6.23. The Kier molecular flexibility index (Phi) is 18.4. The number of aliphatic imine (C=N–C) groups is 2. The first-order valence-electron chi connectivity index (χ1n) is 26.9. The molecule has 5 aliphatic heterocycles. The molecule has 3 N–H and O–H groups in total. The number of carbonyl (C=O) groups excluding carboxylic acids is 7. The zero-order valence-electron chi connectivity index (χ0n) is 46.1. The number of nitrogens with one attached hydrogen (secondary N) is 3. The van der Waals surface area contributed by atoms with E-state index in [1.54, 1.807) is 86.5 Å². The zero-order valence-corrected chi connectivity index (χ0v) is 49.3. The Morgan fingerprint density at radius 3 is 1.61 bits per heavy atom. The molecular formula is C60H62Br2N8O12. The molecule has 22 heteroatoms. The minimum atomic E-state index is -0.935. The van der Waals surface area contributed by atoms with Crippen molar-refractivity contribution in [3.63, 3.8) is 0 Å². The topological polar surface area (TPSA) is 236 Å². The van der Waals surface area contributed by atoms with Gasteiger partial charge in [0.25, 0.3) is 23.6 Å². The maximum atomic E-state index is 14.1. The summed E-state index contributed by atoms with van der Waals surface area (Å²) in [6.45, 7) is 5.87. The smallest absolute Gasteiger partial charge is 0.269 e. The predicted molar refractivity (Wildman–Crippen MR) is 316 cm³/mol. The van der Waals surface area contributed by atoms with Gasteiger partial charge in [0.05, 0.1) is 69.1 Å². The van der Waals surface area contributed by atoms with Crippen LogP contribution in [0, 0.1) is 5.92 Å². The number of benzene rings is 4. The molecule has 82 heavy (non-hydrogen) atoms. The summed E-state index contributed by atoms with van der Waals surface area (Å²) in [7, 11) is 4.65. The van der Waals surface area contributed by atoms with Crippen molar-refractivity contribution < 1.29 is 57.2 Å². The summed E-state index contributed by atoms with van der Waals surface area (Å²) in [5, 5.41) is 8.34. The fraction of sp³-hybridized carbons (Fsp3) is 0.350. The van der Waals surface area contributed by atoms with Gasteiger partial charge in [-0.3, -0.25) is 48.4 Å². The van der Waals surface area contributed by atoms with E-state index in [4.69, 9.17) is 33.7 Å². The standard InChI is InChI=1S/C60H62Br2N8O12/c1-33(2)54(67-51(71)11-8-7-9-20-68-59(76)52(61)53(62)60(68)77)56(73)65-34(3)55(72)66-39-16-12-35(13-17-39)37-23-40-29-63-45-27-49(47(79-5)25-43(45)57(74)69(40)31-37)81-21-10-22-82-50-28-46-44(26-48(50)80-6)58(75)70-32-38(24-41(70)30-64-46)36-14-18-42(78-4)19-15-36/h12-19,25-34,40-41,54H,7-11,20-24H2,1-6H3,(H,65,73)(H,66,72)(H,67,71)/t34-,40+,41+,54-/m1/s1. The van der Waals surface area contributed by atoms with Crippen LogP contribution >= 0.6 is 31.9 Å². The third kappa shape index (κ3) is 12.8. The van der Waals surface area contributed by atoms with Crippen LogP contribution < -0.4 is 39.6 Å². The fourth-order valence-electron chi connectivity index (χ4n) is 9.99. The van der Waals surface area contributed by atoms with Gasteiger partial charge in [-0.15, -0.1) is 0 Å². The molecule has 0 aliphatic carbocycles. The van der Waals surface area contributed by atoms with Gasteiger partial charge in [0.15, 0.2) is 23.0 Å². The molecule has 20 nitrogen and oxygen atoms in total. The van der Waals surface area contributed by atoms with Crippen LogP contribution in [0.15, 0.2) is 104 Å². The van der Waals surface area contributed by atoms with Crippen molar-refractivity contribution in [2.24, 2.45) is 15.9 Å². The van der Waals surface area contributed by atoms with E-state index >= 15 is 0 Å². The van der Waals surface area contributed by atoms with Crippen LogP contribution in [0.5, 0.6) is 28.7 Å². The third-order valence-electron chi connectivity index (χ3n) is 14.6. The lowest BCUT2D eigenvalue weighted by atomic mass is 10.0. The molecule has 0 aromatic heterocycles. The number of hydrogen-bond donors (Lipinski definition) is 3. The molecule has 0 unspecified atom stereocenters. The predicted octanol–water partition coefficient (Wildman–Crippen LogP) is 9.02. The van der Waals surface area contributed by atoms with E-state index in [0.717, 1.165) is 32.9 Å². The van der Waals surface area contributed by atoms with Gasteiger partial charge in [0.2, 0.25) is 17.7 Å². The number of anilines is 1. The molecule has 0 radical (unpaired) electrons. The Bertz CT molecular complexity index is 3330. The summed E-state index contributed by atoms with van der Waals surface area (Å²) < 4.78 is 29.4. The Morgan fingerprint density at radius 2 is 1.12 bits per heavy atom. The molecule has 4 aromatic carbocycles. The summed E-state index contributed by atoms with van der Waals surface area (Å²) in [5.74, 6) is -0.455. The number of carbonyl (C=O) groups is 7. The minimum Gasteiger partial charge on any atom is -0.497 e. The lowest BCUT2D eigenvalue weighted by Crippen LogP contribution is -2.53. The number of methoxy groups -OCH3 is 3. The molecule has 0 fully saturated rings. The molecular weight excluding hydrogens is 1180 g/mol. The van der Waals surface area contributed by atoms with Crippen molar-refractivity contribution in [2.75, 3.05) is 46.4 Å². The van der Waals surface area contributed by atoms with Crippen LogP contribution in [0.4, 0.5) is 17.1 Å². The highest BCUT2D eigenvalue weighted by Crippen LogP contribution is 2.42. The molecule has 428 valence electrons. The van der Waals surface area contributed by atoms with E-state index in [1.165, 1.54) is 14.2 Å². The molecule has 4 atom stereocenters. The minimum absolute atomic E-state index is 0.142. The fourth-order valence-corrected chi connectivity index (χ4v) is 10.8. The van der Waals surface area contributed by atoms with Crippen molar-refractivity contribution >= 4 is 114 Å². The maximum Gasteiger partial charge on any atom is 0.269 e. The summed E-state index contributed by atoms with van der Waals surface area (Å²) in [4.78, 5) is 106. The normalized spacial score (nSPS) is 17.7. The van der Waals surface area contributed by atoms with Gasteiger partial charge in [0, 0.05) is 74.9 Å². The quantitative estimate of drug-likeness (QED) is 0.0466. The summed E-state index contributed by atoms with van der Waals surface area (Å²) in [6, 6.07) is 19.2. The van der Waals surface area contributed by atoms with E-state index in [-0.39, 0.29) is 70.9 Å². The molecule has 5 heterocycles. The van der Waals surface area contributed by atoms with Gasteiger partial charge < -0.3 is 49.4 Å². The number of rotatable bonds is 23. The Balaban J connectivity index is 0.734. The van der Waals surface area contributed by atoms with Crippen LogP contribution in [-0.4, -0.2) is 134 Å². The van der Waals surface area contributed by atoms with Gasteiger partial charge in [0.1, 0.15) is 26.8 Å². The number of hydrogen-bond acceptors (Lipinski definition) is 14. The number of fused-ring (bicyclic) bond motifs is 4. The van der Waals surface area contributed by atoms with Gasteiger partial charge >= 0.3 is 0 Å². The second-order valence-corrected chi connectivity index (χ2v) is 22.0. The first-order valence-corrected chi connectivity index (χ1v) is 28.5. The van der Waals surface area contributed by atoms with Gasteiger partial charge in [-0.25, -0.2) is 0 Å². The monoisotopic (exact) mass is 1240 g/mol. The lowest BCUT2D eigenvalue weighted by Gasteiger charge is -2.24. The molecule has 0 bridgehead atoms. The highest BCUT2D eigenvalue weighted by atomic mass is 79.9. The van der Waals surface area contributed by atoms with E-state index in [0.29, 0.717) is 89.7 Å². The second-order valence-electron chi connectivity index (χ2n) is 20.4. The average Bonchev–Trinajstić information content (AvgIpc) is 4.34. The van der Waals surface area contributed by atoms with E-state index < -0.39 is 35.7 Å². The Morgan fingerprint density at radius 1 is 0.610 bits per heavy atom. The van der Waals surface area contributed by atoms with Crippen LogP contribution in [0.2, 0.25) is 0 Å². The third-order valence-corrected chi connectivity index (χ3v) is 16.6. The average molecular weight is 1250 g/mol. The lowest BCUT2D eigenvalue weighted by molar-refractivity contribution is -0.137. The number of halogens is 2. The Labute approximate surface area is 491 Å². The van der Waals surface area contributed by atoms with E-state index in [1.807, 2.05) is 48.8 Å². The van der Waals surface area contributed by atoms with Gasteiger partial charge in [-0.1, -0.05) is 44.5 Å². The highest BCUT2D eigenvalue weighted by Gasteiger charge is 2.37. The van der Waals surface area contributed by atoms with Crippen LogP contribution in [0.25, 0.3) is 11.1 Å².